The van der Waals surface area contributed by atoms with Gasteiger partial charge in [0.1, 0.15) is 16.5 Å². The summed E-state index contributed by atoms with van der Waals surface area (Å²) in [6, 6.07) is 6.50. The average molecular weight is 208 g/mol. The summed E-state index contributed by atoms with van der Waals surface area (Å²) >= 11 is 1.37. The number of thiazole rings is 1. The quantitative estimate of drug-likeness (QED) is 0.782. The summed E-state index contributed by atoms with van der Waals surface area (Å²) in [6.45, 7) is 1.85. The first-order valence-electron chi connectivity index (χ1n) is 4.16. The van der Waals surface area contributed by atoms with E-state index in [9.17, 15) is 4.39 Å². The van der Waals surface area contributed by atoms with Crippen molar-refractivity contribution in [1.29, 1.82) is 0 Å². The Morgan fingerprint density at radius 2 is 2.07 bits per heavy atom. The van der Waals surface area contributed by atoms with E-state index in [2.05, 4.69) is 4.98 Å². The van der Waals surface area contributed by atoms with Crippen molar-refractivity contribution in [1.82, 2.24) is 4.98 Å². The third-order valence-corrected chi connectivity index (χ3v) is 2.69. The van der Waals surface area contributed by atoms with E-state index in [1.807, 2.05) is 6.92 Å². The van der Waals surface area contributed by atoms with Crippen LogP contribution in [0.1, 0.15) is 5.01 Å². The summed E-state index contributed by atoms with van der Waals surface area (Å²) in [4.78, 5) is 4.19. The molecule has 72 valence electrons. The van der Waals surface area contributed by atoms with Gasteiger partial charge in [-0.05, 0) is 19.1 Å². The number of benzene rings is 1. The molecule has 0 atom stereocenters. The Kier molecular flexibility index (Phi) is 2.21. The molecule has 1 aromatic heterocycles. The largest absolute Gasteiger partial charge is 0.389 e. The molecule has 0 bridgehead atoms. The molecule has 0 saturated heterocycles. The van der Waals surface area contributed by atoms with Gasteiger partial charge in [0, 0.05) is 5.56 Å². The molecule has 0 aliphatic carbocycles. The van der Waals surface area contributed by atoms with Gasteiger partial charge in [-0.2, -0.15) is 0 Å². The molecule has 0 radical (unpaired) electrons. The van der Waals surface area contributed by atoms with Crippen molar-refractivity contribution in [2.24, 2.45) is 0 Å². The summed E-state index contributed by atoms with van der Waals surface area (Å²) in [7, 11) is 0. The number of hydrogen-bond acceptors (Lipinski definition) is 3. The lowest BCUT2D eigenvalue weighted by Gasteiger charge is -1.99. The monoisotopic (exact) mass is 208 g/mol. The molecule has 2 aromatic rings. The molecule has 2 N–H and O–H groups in total. The maximum atomic E-state index is 13.4. The normalized spacial score (nSPS) is 10.4. The Hall–Kier alpha value is -1.42. The van der Waals surface area contributed by atoms with Crippen molar-refractivity contribution in [3.8, 4) is 11.3 Å². The maximum Gasteiger partial charge on any atom is 0.132 e. The second kappa shape index (κ2) is 3.38. The fourth-order valence-corrected chi connectivity index (χ4v) is 2.00. The predicted molar refractivity (Wildman–Crippen MR) is 56.7 cm³/mol. The lowest BCUT2D eigenvalue weighted by Crippen LogP contribution is -1.88. The number of nitrogens with two attached hydrogens (primary N) is 1. The topological polar surface area (TPSA) is 38.9 Å². The Morgan fingerprint density at radius 3 is 2.64 bits per heavy atom. The van der Waals surface area contributed by atoms with Gasteiger partial charge in [-0.3, -0.25) is 0 Å². The standard InChI is InChI=1S/C10H9FN2S/c1-6-13-9(10(12)14-6)7-4-2-3-5-8(7)11/h2-5H,12H2,1H3. The van der Waals surface area contributed by atoms with Gasteiger partial charge < -0.3 is 5.73 Å². The molecule has 4 heteroatoms. The van der Waals surface area contributed by atoms with Crippen LogP contribution in [0.15, 0.2) is 24.3 Å². The smallest absolute Gasteiger partial charge is 0.132 e. The van der Waals surface area contributed by atoms with E-state index in [1.165, 1.54) is 17.4 Å². The molecule has 14 heavy (non-hydrogen) atoms. The SMILES string of the molecule is Cc1nc(-c2ccccc2F)c(N)s1. The summed E-state index contributed by atoms with van der Waals surface area (Å²) in [6.07, 6.45) is 0. The molecule has 2 nitrogen and oxygen atoms in total. The number of nitrogen functional groups attached to an aromatic ring is 1. The summed E-state index contributed by atoms with van der Waals surface area (Å²) in [5.41, 5.74) is 6.75. The summed E-state index contributed by atoms with van der Waals surface area (Å²) < 4.78 is 13.4. The van der Waals surface area contributed by atoms with Crippen molar-refractivity contribution >= 4 is 16.3 Å². The van der Waals surface area contributed by atoms with Crippen molar-refractivity contribution in [2.45, 2.75) is 6.92 Å². The van der Waals surface area contributed by atoms with E-state index >= 15 is 0 Å². The van der Waals surface area contributed by atoms with Gasteiger partial charge in [-0.1, -0.05) is 12.1 Å². The Labute approximate surface area is 85.2 Å². The van der Waals surface area contributed by atoms with Crippen LogP contribution < -0.4 is 5.73 Å². The Morgan fingerprint density at radius 1 is 1.36 bits per heavy atom. The minimum atomic E-state index is -0.287. The van der Waals surface area contributed by atoms with E-state index in [4.69, 9.17) is 5.73 Å². The van der Waals surface area contributed by atoms with Crippen LogP contribution in [0, 0.1) is 12.7 Å². The molecule has 1 aromatic carbocycles. The number of aryl methyl sites for hydroxylation is 1. The molecule has 0 fully saturated rings. The Bertz CT molecular complexity index is 465. The molecular weight excluding hydrogens is 199 g/mol. The highest BCUT2D eigenvalue weighted by Gasteiger charge is 2.11. The van der Waals surface area contributed by atoms with Gasteiger partial charge in [0.25, 0.3) is 0 Å². The summed E-state index contributed by atoms with van der Waals surface area (Å²) in [5.74, 6) is -0.287. The van der Waals surface area contributed by atoms with E-state index < -0.39 is 0 Å². The van der Waals surface area contributed by atoms with Crippen LogP contribution in [0.4, 0.5) is 9.39 Å². The fourth-order valence-electron chi connectivity index (χ4n) is 1.29. The van der Waals surface area contributed by atoms with Crippen LogP contribution in [-0.2, 0) is 0 Å². The first-order chi connectivity index (χ1) is 6.68. The van der Waals surface area contributed by atoms with Crippen molar-refractivity contribution in [3.05, 3.63) is 35.1 Å². The second-order valence-electron chi connectivity index (χ2n) is 2.93. The maximum absolute atomic E-state index is 13.4. The van der Waals surface area contributed by atoms with Crippen molar-refractivity contribution in [3.63, 3.8) is 0 Å². The summed E-state index contributed by atoms with van der Waals surface area (Å²) in [5, 5.41) is 1.41. The van der Waals surface area contributed by atoms with Gasteiger partial charge in [-0.25, -0.2) is 9.37 Å². The zero-order valence-electron chi connectivity index (χ0n) is 7.62. The predicted octanol–water partition coefficient (Wildman–Crippen LogP) is 2.84. The van der Waals surface area contributed by atoms with E-state index in [1.54, 1.807) is 18.2 Å². The lowest BCUT2D eigenvalue weighted by atomic mass is 10.1. The van der Waals surface area contributed by atoms with E-state index in [-0.39, 0.29) is 5.82 Å². The highest BCUT2D eigenvalue weighted by molar-refractivity contribution is 7.16. The average Bonchev–Trinajstić information content (AvgIpc) is 2.46. The third-order valence-electron chi connectivity index (χ3n) is 1.89. The number of nitrogens with zero attached hydrogens (tertiary/aromatic N) is 1. The van der Waals surface area contributed by atoms with Gasteiger partial charge in [0.2, 0.25) is 0 Å². The zero-order chi connectivity index (χ0) is 10.1. The number of halogens is 1. The molecule has 0 spiro atoms. The second-order valence-corrected chi connectivity index (χ2v) is 4.16. The van der Waals surface area contributed by atoms with Crippen LogP contribution >= 0.6 is 11.3 Å². The number of hydrogen-bond donors (Lipinski definition) is 1. The molecular formula is C10H9FN2S. The molecule has 0 unspecified atom stereocenters. The first-order valence-corrected chi connectivity index (χ1v) is 4.98. The third kappa shape index (κ3) is 1.48. The molecule has 0 aliphatic heterocycles. The van der Waals surface area contributed by atoms with Crippen LogP contribution in [0.25, 0.3) is 11.3 Å². The highest BCUT2D eigenvalue weighted by Crippen LogP contribution is 2.31. The molecule has 0 amide bonds. The van der Waals surface area contributed by atoms with Crippen LogP contribution in [0.5, 0.6) is 0 Å². The van der Waals surface area contributed by atoms with Crippen molar-refractivity contribution < 1.29 is 4.39 Å². The fraction of sp³-hybridized carbons (Fsp3) is 0.100. The van der Waals surface area contributed by atoms with Crippen LogP contribution in [-0.4, -0.2) is 4.98 Å². The number of rotatable bonds is 1. The highest BCUT2D eigenvalue weighted by atomic mass is 32.1. The number of aromatic nitrogens is 1. The Balaban J connectivity index is 2.60. The lowest BCUT2D eigenvalue weighted by molar-refractivity contribution is 0.631. The van der Waals surface area contributed by atoms with Gasteiger partial charge in [-0.15, -0.1) is 11.3 Å². The number of anilines is 1. The van der Waals surface area contributed by atoms with Crippen molar-refractivity contribution in [2.75, 3.05) is 5.73 Å². The minimum Gasteiger partial charge on any atom is -0.389 e. The molecule has 2 rings (SSSR count). The molecule has 0 saturated carbocycles. The van der Waals surface area contributed by atoms with Gasteiger partial charge in [0.15, 0.2) is 0 Å². The first kappa shape index (κ1) is 9.15. The van der Waals surface area contributed by atoms with Gasteiger partial charge in [0.05, 0.1) is 5.01 Å². The minimum absolute atomic E-state index is 0.287. The van der Waals surface area contributed by atoms with E-state index in [0.717, 1.165) is 5.01 Å². The van der Waals surface area contributed by atoms with Crippen LogP contribution in [0.2, 0.25) is 0 Å². The molecule has 0 aliphatic rings. The van der Waals surface area contributed by atoms with Gasteiger partial charge >= 0.3 is 0 Å². The van der Waals surface area contributed by atoms with E-state index in [0.29, 0.717) is 16.3 Å². The van der Waals surface area contributed by atoms with Crippen LogP contribution in [0.3, 0.4) is 0 Å². The molecule has 1 heterocycles. The zero-order valence-corrected chi connectivity index (χ0v) is 8.44.